The Morgan fingerprint density at radius 3 is 2.67 bits per heavy atom. The molecule has 1 aliphatic rings. The van der Waals surface area contributed by atoms with Gasteiger partial charge in [-0.15, -0.1) is 0 Å². The van der Waals surface area contributed by atoms with Crippen LogP contribution in [0, 0.1) is 11.2 Å². The number of benzene rings is 1. The van der Waals surface area contributed by atoms with Crippen molar-refractivity contribution in [2.45, 2.75) is 32.8 Å². The predicted molar refractivity (Wildman–Crippen MR) is 71.1 cm³/mol. The molecule has 2 rings (SSSR count). The molecule has 2 atom stereocenters. The maximum Gasteiger partial charge on any atom is 0.123 e. The van der Waals surface area contributed by atoms with Crippen LogP contribution in [0.5, 0.6) is 0 Å². The van der Waals surface area contributed by atoms with Crippen molar-refractivity contribution in [3.63, 3.8) is 0 Å². The molecule has 100 valence electrons. The zero-order valence-electron chi connectivity index (χ0n) is 11.2. The molecule has 0 radical (unpaired) electrons. The highest BCUT2D eigenvalue weighted by atomic mass is 19.1. The van der Waals surface area contributed by atoms with Crippen molar-refractivity contribution in [3.8, 4) is 0 Å². The molecule has 2 nitrogen and oxygen atoms in total. The summed E-state index contributed by atoms with van der Waals surface area (Å²) in [5.41, 5.74) is 1.33. The average Bonchev–Trinajstić information content (AvgIpc) is 2.72. The van der Waals surface area contributed by atoms with Crippen LogP contribution in [0.4, 0.5) is 4.39 Å². The van der Waals surface area contributed by atoms with Crippen molar-refractivity contribution in [1.29, 1.82) is 0 Å². The van der Waals surface area contributed by atoms with E-state index in [0.29, 0.717) is 0 Å². The third-order valence-corrected chi connectivity index (χ3v) is 4.03. The van der Waals surface area contributed by atoms with Crippen LogP contribution in [0.1, 0.15) is 25.8 Å². The largest absolute Gasteiger partial charge is 0.378 e. The fourth-order valence-corrected chi connectivity index (χ4v) is 2.73. The van der Waals surface area contributed by atoms with E-state index < -0.39 is 0 Å². The molecule has 1 N–H and O–H groups in total. The van der Waals surface area contributed by atoms with Crippen molar-refractivity contribution in [2.24, 2.45) is 5.41 Å². The molecular formula is C15H22FNO. The van der Waals surface area contributed by atoms with Crippen LogP contribution in [-0.2, 0) is 11.2 Å². The second-order valence-electron chi connectivity index (χ2n) is 5.21. The molecule has 0 aromatic heterocycles. The summed E-state index contributed by atoms with van der Waals surface area (Å²) in [5, 5.41) is 3.44. The summed E-state index contributed by atoms with van der Waals surface area (Å²) in [6.07, 6.45) is 2.27. The van der Waals surface area contributed by atoms with E-state index in [4.69, 9.17) is 4.74 Å². The van der Waals surface area contributed by atoms with E-state index in [2.05, 4.69) is 19.2 Å². The summed E-state index contributed by atoms with van der Waals surface area (Å²) in [4.78, 5) is 0. The van der Waals surface area contributed by atoms with Gasteiger partial charge in [-0.3, -0.25) is 0 Å². The fourth-order valence-electron chi connectivity index (χ4n) is 2.73. The lowest BCUT2D eigenvalue weighted by Gasteiger charge is -2.32. The summed E-state index contributed by atoms with van der Waals surface area (Å²) in [6, 6.07) is 6.84. The van der Waals surface area contributed by atoms with E-state index in [1.54, 1.807) is 0 Å². The molecule has 1 fully saturated rings. The Balaban J connectivity index is 2.12. The highest BCUT2D eigenvalue weighted by Crippen LogP contribution is 2.37. The maximum absolute atomic E-state index is 12.9. The Morgan fingerprint density at radius 1 is 1.39 bits per heavy atom. The minimum absolute atomic E-state index is 0.147. The summed E-state index contributed by atoms with van der Waals surface area (Å²) < 4.78 is 18.7. The van der Waals surface area contributed by atoms with Crippen molar-refractivity contribution < 1.29 is 9.13 Å². The van der Waals surface area contributed by atoms with Gasteiger partial charge in [-0.1, -0.05) is 19.1 Å². The minimum atomic E-state index is -0.171. The Morgan fingerprint density at radius 2 is 2.11 bits per heavy atom. The molecule has 2 unspecified atom stereocenters. The SMILES string of the molecule is CCNCC1(Cc2ccc(F)cc2)CCOC1C. The first kappa shape index (κ1) is 13.5. The first-order valence-electron chi connectivity index (χ1n) is 6.73. The third-order valence-electron chi connectivity index (χ3n) is 4.03. The van der Waals surface area contributed by atoms with Crippen LogP contribution in [0.15, 0.2) is 24.3 Å². The van der Waals surface area contributed by atoms with Crippen molar-refractivity contribution in [2.75, 3.05) is 19.7 Å². The summed E-state index contributed by atoms with van der Waals surface area (Å²) >= 11 is 0. The van der Waals surface area contributed by atoms with Gasteiger partial charge in [0.05, 0.1) is 6.10 Å². The standard InChI is InChI=1S/C15H22FNO/c1-3-17-11-15(8-9-18-12(15)2)10-13-4-6-14(16)7-5-13/h4-7,12,17H,3,8-11H2,1-2H3. The zero-order valence-corrected chi connectivity index (χ0v) is 11.2. The van der Waals surface area contributed by atoms with Gasteiger partial charge >= 0.3 is 0 Å². The molecule has 1 aromatic carbocycles. The van der Waals surface area contributed by atoms with E-state index in [0.717, 1.165) is 32.5 Å². The number of hydrogen-bond acceptors (Lipinski definition) is 2. The van der Waals surface area contributed by atoms with Crippen LogP contribution >= 0.6 is 0 Å². The first-order valence-corrected chi connectivity index (χ1v) is 6.73. The summed E-state index contributed by atoms with van der Waals surface area (Å²) in [5.74, 6) is -0.171. The van der Waals surface area contributed by atoms with Crippen molar-refractivity contribution in [3.05, 3.63) is 35.6 Å². The Bertz CT molecular complexity index is 379. The topological polar surface area (TPSA) is 21.3 Å². The number of halogens is 1. The van der Waals surface area contributed by atoms with Gasteiger partial charge < -0.3 is 10.1 Å². The Kier molecular flexibility index (Phi) is 4.36. The fraction of sp³-hybridized carbons (Fsp3) is 0.600. The maximum atomic E-state index is 12.9. The normalized spacial score (nSPS) is 27.6. The lowest BCUT2D eigenvalue weighted by molar-refractivity contribution is 0.0633. The molecule has 0 bridgehead atoms. The molecule has 1 heterocycles. The van der Waals surface area contributed by atoms with Crippen LogP contribution < -0.4 is 5.32 Å². The van der Waals surface area contributed by atoms with Gasteiger partial charge in [-0.2, -0.15) is 0 Å². The van der Waals surface area contributed by atoms with E-state index in [9.17, 15) is 4.39 Å². The molecular weight excluding hydrogens is 229 g/mol. The average molecular weight is 251 g/mol. The van der Waals surface area contributed by atoms with E-state index in [1.165, 1.54) is 17.7 Å². The lowest BCUT2D eigenvalue weighted by Crippen LogP contribution is -2.41. The first-order chi connectivity index (χ1) is 8.66. The van der Waals surface area contributed by atoms with Gasteiger partial charge in [0.25, 0.3) is 0 Å². The van der Waals surface area contributed by atoms with Crippen LogP contribution in [0.3, 0.4) is 0 Å². The molecule has 0 amide bonds. The smallest absolute Gasteiger partial charge is 0.123 e. The Labute approximate surface area is 109 Å². The van der Waals surface area contributed by atoms with E-state index in [-0.39, 0.29) is 17.3 Å². The van der Waals surface area contributed by atoms with Gasteiger partial charge in [0.15, 0.2) is 0 Å². The lowest BCUT2D eigenvalue weighted by atomic mass is 9.76. The molecule has 1 saturated heterocycles. The number of rotatable bonds is 5. The highest BCUT2D eigenvalue weighted by Gasteiger charge is 2.40. The van der Waals surface area contributed by atoms with Crippen molar-refractivity contribution >= 4 is 0 Å². The van der Waals surface area contributed by atoms with Gasteiger partial charge in [0.2, 0.25) is 0 Å². The number of nitrogens with one attached hydrogen (secondary N) is 1. The molecule has 1 aromatic rings. The molecule has 18 heavy (non-hydrogen) atoms. The summed E-state index contributed by atoms with van der Waals surface area (Å²) in [7, 11) is 0. The molecule has 0 aliphatic carbocycles. The molecule has 1 aliphatic heterocycles. The van der Waals surface area contributed by atoms with E-state index >= 15 is 0 Å². The van der Waals surface area contributed by atoms with Crippen molar-refractivity contribution in [1.82, 2.24) is 5.32 Å². The van der Waals surface area contributed by atoms with E-state index in [1.807, 2.05) is 12.1 Å². The molecule has 3 heteroatoms. The van der Waals surface area contributed by atoms with Crippen LogP contribution in [0.2, 0.25) is 0 Å². The second kappa shape index (κ2) is 5.81. The molecule has 0 spiro atoms. The predicted octanol–water partition coefficient (Wildman–Crippen LogP) is 2.77. The highest BCUT2D eigenvalue weighted by molar-refractivity contribution is 5.19. The quantitative estimate of drug-likeness (QED) is 0.869. The summed E-state index contributed by atoms with van der Waals surface area (Å²) in [6.45, 7) is 7.02. The number of ether oxygens (including phenoxy) is 1. The zero-order chi connectivity index (χ0) is 13.0. The minimum Gasteiger partial charge on any atom is -0.378 e. The third kappa shape index (κ3) is 2.90. The van der Waals surface area contributed by atoms with Gasteiger partial charge in [-0.05, 0) is 44.0 Å². The van der Waals surface area contributed by atoms with Gasteiger partial charge in [-0.25, -0.2) is 4.39 Å². The molecule has 0 saturated carbocycles. The van der Waals surface area contributed by atoms with Gasteiger partial charge in [0.1, 0.15) is 5.82 Å². The van der Waals surface area contributed by atoms with Gasteiger partial charge in [0, 0.05) is 18.6 Å². The monoisotopic (exact) mass is 251 g/mol. The number of hydrogen-bond donors (Lipinski definition) is 1. The Hall–Kier alpha value is -0.930. The second-order valence-corrected chi connectivity index (χ2v) is 5.21. The van der Waals surface area contributed by atoms with Crippen LogP contribution in [0.25, 0.3) is 0 Å². The van der Waals surface area contributed by atoms with Crippen LogP contribution in [-0.4, -0.2) is 25.8 Å².